The zero-order valence-corrected chi connectivity index (χ0v) is 12.9. The highest BCUT2D eigenvalue weighted by Crippen LogP contribution is 2.27. The number of benzene rings is 1. The van der Waals surface area contributed by atoms with Gasteiger partial charge in [-0.05, 0) is 31.7 Å². The smallest absolute Gasteiger partial charge is 0.273 e. The van der Waals surface area contributed by atoms with Crippen molar-refractivity contribution in [3.8, 4) is 0 Å². The zero-order chi connectivity index (χ0) is 16.0. The van der Waals surface area contributed by atoms with Crippen LogP contribution in [0, 0.1) is 10.1 Å². The van der Waals surface area contributed by atoms with Crippen LogP contribution in [-0.2, 0) is 10.0 Å². The van der Waals surface area contributed by atoms with Crippen molar-refractivity contribution in [3.63, 3.8) is 0 Å². The maximum absolute atomic E-state index is 12.7. The van der Waals surface area contributed by atoms with E-state index in [9.17, 15) is 18.5 Å². The Labute approximate surface area is 130 Å². The molecular weight excluding hydrogens is 304 g/mol. The van der Waals surface area contributed by atoms with Gasteiger partial charge in [-0.25, -0.2) is 8.42 Å². The minimum atomic E-state index is -3.92. The Morgan fingerprint density at radius 3 is 2.64 bits per heavy atom. The van der Waals surface area contributed by atoms with E-state index in [1.54, 1.807) is 6.08 Å². The molecule has 0 fully saturated rings. The molecule has 7 heteroatoms. The molecule has 0 aliphatic carbocycles. The molecule has 22 heavy (non-hydrogen) atoms. The SMILES string of the molecule is O=[N+]([O-])c1ccccc1S(=O)(=O)N1/C=C\C/C=C\CCCC1. The van der Waals surface area contributed by atoms with Crippen LogP contribution in [0.15, 0.2) is 53.6 Å². The predicted molar refractivity (Wildman–Crippen MR) is 83.7 cm³/mol. The van der Waals surface area contributed by atoms with Crippen molar-refractivity contribution in [1.29, 1.82) is 0 Å². The number of allylic oxidation sites excluding steroid dienone is 3. The van der Waals surface area contributed by atoms with Crippen LogP contribution in [0.2, 0.25) is 0 Å². The number of nitro groups is 1. The summed E-state index contributed by atoms with van der Waals surface area (Å²) in [6.45, 7) is 0.318. The lowest BCUT2D eigenvalue weighted by molar-refractivity contribution is -0.387. The number of nitrogens with zero attached hydrogens (tertiary/aromatic N) is 2. The summed E-state index contributed by atoms with van der Waals surface area (Å²) in [6.07, 6.45) is 10.4. The third-order valence-corrected chi connectivity index (χ3v) is 5.18. The fourth-order valence-electron chi connectivity index (χ4n) is 2.23. The monoisotopic (exact) mass is 322 g/mol. The highest BCUT2D eigenvalue weighted by Gasteiger charge is 2.29. The van der Waals surface area contributed by atoms with Gasteiger partial charge < -0.3 is 0 Å². The Balaban J connectivity index is 2.39. The quantitative estimate of drug-likeness (QED) is 0.486. The summed E-state index contributed by atoms with van der Waals surface area (Å²) in [5.74, 6) is 0. The maximum atomic E-state index is 12.7. The fourth-order valence-corrected chi connectivity index (χ4v) is 3.75. The van der Waals surface area contributed by atoms with Gasteiger partial charge in [0.25, 0.3) is 15.7 Å². The summed E-state index contributed by atoms with van der Waals surface area (Å²) in [4.78, 5) is 10.1. The number of sulfonamides is 1. The van der Waals surface area contributed by atoms with E-state index in [1.165, 1.54) is 34.8 Å². The Morgan fingerprint density at radius 2 is 1.86 bits per heavy atom. The number of nitro benzene ring substituents is 1. The molecule has 118 valence electrons. The first-order valence-electron chi connectivity index (χ1n) is 7.10. The van der Waals surface area contributed by atoms with Gasteiger partial charge in [0.1, 0.15) is 0 Å². The number of rotatable bonds is 3. The van der Waals surface area contributed by atoms with Gasteiger partial charge in [-0.3, -0.25) is 14.4 Å². The predicted octanol–water partition coefficient (Wildman–Crippen LogP) is 3.23. The molecule has 0 N–H and O–H groups in total. The average molecular weight is 322 g/mol. The van der Waals surface area contributed by atoms with E-state index < -0.39 is 20.6 Å². The Kier molecular flexibility index (Phi) is 5.32. The summed E-state index contributed by atoms with van der Waals surface area (Å²) in [6, 6.07) is 5.44. The van der Waals surface area contributed by atoms with Gasteiger partial charge in [-0.2, -0.15) is 0 Å². The van der Waals surface area contributed by atoms with Gasteiger partial charge in [0.2, 0.25) is 0 Å². The normalized spacial score (nSPS) is 19.4. The van der Waals surface area contributed by atoms with Crippen LogP contribution in [0.4, 0.5) is 5.69 Å². The number of hydrogen-bond acceptors (Lipinski definition) is 4. The molecule has 1 aliphatic heterocycles. The van der Waals surface area contributed by atoms with Gasteiger partial charge in [0.15, 0.2) is 4.90 Å². The van der Waals surface area contributed by atoms with Crippen molar-refractivity contribution in [1.82, 2.24) is 4.31 Å². The molecule has 0 radical (unpaired) electrons. The molecule has 0 spiro atoms. The Morgan fingerprint density at radius 1 is 1.09 bits per heavy atom. The molecule has 0 aromatic heterocycles. The molecule has 0 saturated heterocycles. The molecule has 1 aromatic rings. The van der Waals surface area contributed by atoms with Crippen molar-refractivity contribution >= 4 is 15.7 Å². The largest absolute Gasteiger partial charge is 0.289 e. The van der Waals surface area contributed by atoms with Crippen molar-refractivity contribution < 1.29 is 13.3 Å². The summed E-state index contributed by atoms with van der Waals surface area (Å²) in [5.41, 5.74) is -0.395. The van der Waals surface area contributed by atoms with E-state index in [2.05, 4.69) is 6.08 Å². The van der Waals surface area contributed by atoms with E-state index in [1.807, 2.05) is 6.08 Å². The van der Waals surface area contributed by atoms with Crippen molar-refractivity contribution in [3.05, 3.63) is 58.8 Å². The first-order valence-corrected chi connectivity index (χ1v) is 8.54. The van der Waals surface area contributed by atoms with Gasteiger partial charge in [-0.15, -0.1) is 0 Å². The first-order chi connectivity index (χ1) is 10.5. The molecule has 1 aliphatic rings. The second-order valence-electron chi connectivity index (χ2n) is 4.93. The molecule has 0 amide bonds. The molecule has 0 atom stereocenters. The Hall–Kier alpha value is -2.15. The van der Waals surface area contributed by atoms with Crippen LogP contribution in [0.5, 0.6) is 0 Å². The molecule has 1 aromatic carbocycles. The van der Waals surface area contributed by atoms with Crippen LogP contribution in [0.1, 0.15) is 25.7 Å². The van der Waals surface area contributed by atoms with E-state index in [4.69, 9.17) is 0 Å². The van der Waals surface area contributed by atoms with Gasteiger partial charge in [0.05, 0.1) is 4.92 Å². The van der Waals surface area contributed by atoms with Crippen LogP contribution >= 0.6 is 0 Å². The lowest BCUT2D eigenvalue weighted by Crippen LogP contribution is -2.27. The standard InChI is InChI=1S/C15H18N2O4S/c18-17(19)14-10-6-7-11-15(14)22(20,21)16-12-8-4-2-1-3-5-9-13-16/h1-2,6-8,10-12H,3-5,9,13H2/b2-1-,12-8-. The van der Waals surface area contributed by atoms with Crippen LogP contribution < -0.4 is 0 Å². The molecule has 0 bridgehead atoms. The summed E-state index contributed by atoms with van der Waals surface area (Å²) in [7, 11) is -3.92. The molecule has 1 heterocycles. The third kappa shape index (κ3) is 3.73. The van der Waals surface area contributed by atoms with Crippen molar-refractivity contribution in [2.75, 3.05) is 6.54 Å². The molecule has 6 nitrogen and oxygen atoms in total. The zero-order valence-electron chi connectivity index (χ0n) is 12.1. The minimum absolute atomic E-state index is 0.266. The summed E-state index contributed by atoms with van der Waals surface area (Å²) >= 11 is 0. The molecular formula is C15H18N2O4S. The van der Waals surface area contributed by atoms with Crippen LogP contribution in [0.25, 0.3) is 0 Å². The lowest BCUT2D eigenvalue weighted by atomic mass is 10.2. The maximum Gasteiger partial charge on any atom is 0.289 e. The second-order valence-corrected chi connectivity index (χ2v) is 6.79. The average Bonchev–Trinajstić information content (AvgIpc) is 2.52. The summed E-state index contributed by atoms with van der Waals surface area (Å²) in [5, 5.41) is 11.1. The van der Waals surface area contributed by atoms with Gasteiger partial charge in [0, 0.05) is 18.8 Å². The molecule has 2 rings (SSSR count). The molecule has 0 saturated carbocycles. The van der Waals surface area contributed by atoms with E-state index in [-0.39, 0.29) is 4.90 Å². The third-order valence-electron chi connectivity index (χ3n) is 3.36. The lowest BCUT2D eigenvalue weighted by Gasteiger charge is -2.20. The van der Waals surface area contributed by atoms with E-state index in [0.717, 1.165) is 12.8 Å². The van der Waals surface area contributed by atoms with Crippen LogP contribution in [0.3, 0.4) is 0 Å². The Bertz CT molecular complexity index is 695. The van der Waals surface area contributed by atoms with Crippen molar-refractivity contribution in [2.45, 2.75) is 30.6 Å². The van der Waals surface area contributed by atoms with Crippen molar-refractivity contribution in [2.24, 2.45) is 0 Å². The van der Waals surface area contributed by atoms with E-state index >= 15 is 0 Å². The highest BCUT2D eigenvalue weighted by molar-refractivity contribution is 7.89. The van der Waals surface area contributed by atoms with E-state index in [0.29, 0.717) is 19.4 Å². The highest BCUT2D eigenvalue weighted by atomic mass is 32.2. The number of hydrogen-bond donors (Lipinski definition) is 0. The van der Waals surface area contributed by atoms with Gasteiger partial charge >= 0.3 is 0 Å². The topological polar surface area (TPSA) is 80.5 Å². The fraction of sp³-hybridized carbons (Fsp3) is 0.333. The minimum Gasteiger partial charge on any atom is -0.273 e. The molecule has 0 unspecified atom stereocenters. The number of para-hydroxylation sites is 1. The summed E-state index contributed by atoms with van der Waals surface area (Å²) < 4.78 is 26.7. The second kappa shape index (κ2) is 7.22. The first kappa shape index (κ1) is 16.2. The van der Waals surface area contributed by atoms with Crippen LogP contribution in [-0.4, -0.2) is 24.2 Å². The van der Waals surface area contributed by atoms with Gasteiger partial charge in [-0.1, -0.05) is 30.4 Å².